The number of likely N-dealkylation sites (N-methyl/N-ethyl adjacent to an activating group) is 1. The van der Waals surface area contributed by atoms with Gasteiger partial charge in [-0.25, -0.2) is 0 Å². The highest BCUT2D eigenvalue weighted by Crippen LogP contribution is 2.27. The monoisotopic (exact) mass is 232 g/mol. The van der Waals surface area contributed by atoms with Crippen LogP contribution in [0.25, 0.3) is 0 Å². The van der Waals surface area contributed by atoms with Crippen molar-refractivity contribution >= 4 is 17.5 Å². The van der Waals surface area contributed by atoms with Crippen LogP contribution in [0.15, 0.2) is 24.3 Å². The van der Waals surface area contributed by atoms with Crippen LogP contribution in [0.5, 0.6) is 0 Å². The van der Waals surface area contributed by atoms with E-state index in [1.165, 1.54) is 4.90 Å². The number of para-hydroxylation sites is 1. The van der Waals surface area contributed by atoms with Crippen molar-refractivity contribution in [2.75, 3.05) is 25.5 Å². The van der Waals surface area contributed by atoms with Gasteiger partial charge in [0.05, 0.1) is 0 Å². The van der Waals surface area contributed by atoms with E-state index in [1.807, 2.05) is 24.3 Å². The van der Waals surface area contributed by atoms with E-state index in [4.69, 9.17) is 0 Å². The maximum atomic E-state index is 11.9. The Morgan fingerprint density at radius 2 is 2.00 bits per heavy atom. The average Bonchev–Trinajstić information content (AvgIpc) is 2.32. The molecule has 1 aliphatic rings. The Balaban J connectivity index is 2.27. The SMILES string of the molecule is CN(C)C(=O)CN1C(=O)CCc2ccccc21. The molecule has 4 nitrogen and oxygen atoms in total. The molecule has 1 heterocycles. The number of benzene rings is 1. The van der Waals surface area contributed by atoms with Crippen molar-refractivity contribution in [3.8, 4) is 0 Å². The van der Waals surface area contributed by atoms with E-state index in [1.54, 1.807) is 19.0 Å². The Kier molecular flexibility index (Phi) is 3.13. The highest BCUT2D eigenvalue weighted by atomic mass is 16.2. The number of amides is 2. The van der Waals surface area contributed by atoms with Gasteiger partial charge in [-0.15, -0.1) is 0 Å². The summed E-state index contributed by atoms with van der Waals surface area (Å²) in [7, 11) is 3.39. The number of carbonyl (C=O) groups is 2. The standard InChI is InChI=1S/C13H16N2O2/c1-14(2)13(17)9-15-11-6-4-3-5-10(11)7-8-12(15)16/h3-6H,7-9H2,1-2H3. The molecule has 0 saturated heterocycles. The van der Waals surface area contributed by atoms with Crippen LogP contribution in [0, 0.1) is 0 Å². The lowest BCUT2D eigenvalue weighted by Crippen LogP contribution is -2.42. The van der Waals surface area contributed by atoms with E-state index in [0.29, 0.717) is 6.42 Å². The second-order valence-corrected chi connectivity index (χ2v) is 4.40. The summed E-state index contributed by atoms with van der Waals surface area (Å²) in [6.45, 7) is 0.128. The van der Waals surface area contributed by atoms with E-state index < -0.39 is 0 Å². The first-order valence-corrected chi connectivity index (χ1v) is 5.68. The van der Waals surface area contributed by atoms with Gasteiger partial charge in [-0.2, -0.15) is 0 Å². The van der Waals surface area contributed by atoms with E-state index in [-0.39, 0.29) is 18.4 Å². The van der Waals surface area contributed by atoms with Crippen molar-refractivity contribution in [2.45, 2.75) is 12.8 Å². The van der Waals surface area contributed by atoms with Gasteiger partial charge in [0.1, 0.15) is 6.54 Å². The molecule has 0 radical (unpaired) electrons. The average molecular weight is 232 g/mol. The molecule has 1 aromatic rings. The van der Waals surface area contributed by atoms with Gasteiger partial charge in [0.15, 0.2) is 0 Å². The molecule has 17 heavy (non-hydrogen) atoms. The van der Waals surface area contributed by atoms with Gasteiger partial charge >= 0.3 is 0 Å². The summed E-state index contributed by atoms with van der Waals surface area (Å²) >= 11 is 0. The van der Waals surface area contributed by atoms with Gasteiger partial charge in [0.2, 0.25) is 11.8 Å². The first-order chi connectivity index (χ1) is 8.09. The van der Waals surface area contributed by atoms with Crippen molar-refractivity contribution in [2.24, 2.45) is 0 Å². The minimum atomic E-state index is -0.0601. The second-order valence-electron chi connectivity index (χ2n) is 4.40. The smallest absolute Gasteiger partial charge is 0.242 e. The second kappa shape index (κ2) is 4.57. The van der Waals surface area contributed by atoms with Gasteiger partial charge in [-0.3, -0.25) is 9.59 Å². The first-order valence-electron chi connectivity index (χ1n) is 5.68. The fraction of sp³-hybridized carbons (Fsp3) is 0.385. The lowest BCUT2D eigenvalue weighted by molar-refractivity contribution is -0.129. The summed E-state index contributed by atoms with van der Waals surface area (Å²) in [6.07, 6.45) is 1.25. The molecule has 0 saturated carbocycles. The largest absolute Gasteiger partial charge is 0.347 e. The Morgan fingerprint density at radius 1 is 1.29 bits per heavy atom. The van der Waals surface area contributed by atoms with Gasteiger partial charge in [0, 0.05) is 26.2 Å². The summed E-state index contributed by atoms with van der Waals surface area (Å²) in [5.41, 5.74) is 2.01. The Labute approximate surface area is 101 Å². The topological polar surface area (TPSA) is 40.6 Å². The third kappa shape index (κ3) is 2.30. The fourth-order valence-corrected chi connectivity index (χ4v) is 1.95. The van der Waals surface area contributed by atoms with Crippen LogP contribution in [-0.2, 0) is 16.0 Å². The lowest BCUT2D eigenvalue weighted by Gasteiger charge is -2.29. The van der Waals surface area contributed by atoms with Gasteiger partial charge in [-0.1, -0.05) is 18.2 Å². The summed E-state index contributed by atoms with van der Waals surface area (Å²) in [6, 6.07) is 7.76. The molecule has 0 atom stereocenters. The number of hydrogen-bond acceptors (Lipinski definition) is 2. The normalized spacial score (nSPS) is 14.5. The van der Waals surface area contributed by atoms with Crippen LogP contribution < -0.4 is 4.90 Å². The van der Waals surface area contributed by atoms with Crippen LogP contribution >= 0.6 is 0 Å². The molecule has 0 N–H and O–H groups in total. The number of anilines is 1. The molecule has 0 unspecified atom stereocenters. The number of hydrogen-bond donors (Lipinski definition) is 0. The zero-order chi connectivity index (χ0) is 12.4. The molecule has 0 fully saturated rings. The molecule has 2 amide bonds. The molecule has 1 aliphatic heterocycles. The van der Waals surface area contributed by atoms with Crippen molar-refractivity contribution in [3.05, 3.63) is 29.8 Å². The van der Waals surface area contributed by atoms with Crippen LogP contribution in [0.1, 0.15) is 12.0 Å². The molecule has 0 bridgehead atoms. The molecule has 2 rings (SSSR count). The first kappa shape index (κ1) is 11.6. The summed E-state index contributed by atoms with van der Waals surface area (Å²) < 4.78 is 0. The molecule has 0 aliphatic carbocycles. The zero-order valence-corrected chi connectivity index (χ0v) is 10.1. The summed E-state index contributed by atoms with van der Waals surface area (Å²) in [4.78, 5) is 26.7. The predicted molar refractivity (Wildman–Crippen MR) is 65.8 cm³/mol. The van der Waals surface area contributed by atoms with E-state index in [2.05, 4.69) is 0 Å². The fourth-order valence-electron chi connectivity index (χ4n) is 1.95. The van der Waals surface area contributed by atoms with Crippen molar-refractivity contribution in [1.29, 1.82) is 0 Å². The molecule has 1 aromatic carbocycles. The molecule has 90 valence electrons. The minimum absolute atomic E-state index is 0.0268. The van der Waals surface area contributed by atoms with E-state index in [9.17, 15) is 9.59 Å². The van der Waals surface area contributed by atoms with Crippen LogP contribution in [0.2, 0.25) is 0 Å². The highest BCUT2D eigenvalue weighted by Gasteiger charge is 2.25. The summed E-state index contributed by atoms with van der Waals surface area (Å²) in [5.74, 6) is -0.0334. The number of carbonyl (C=O) groups excluding carboxylic acids is 2. The minimum Gasteiger partial charge on any atom is -0.347 e. The Bertz CT molecular complexity index is 454. The maximum absolute atomic E-state index is 11.9. The molecule has 0 spiro atoms. The van der Waals surface area contributed by atoms with E-state index in [0.717, 1.165) is 17.7 Å². The third-order valence-corrected chi connectivity index (χ3v) is 2.98. The van der Waals surface area contributed by atoms with Crippen LogP contribution in [-0.4, -0.2) is 37.4 Å². The van der Waals surface area contributed by atoms with Crippen molar-refractivity contribution < 1.29 is 9.59 Å². The third-order valence-electron chi connectivity index (χ3n) is 2.98. The number of nitrogens with zero attached hydrogens (tertiary/aromatic N) is 2. The number of aryl methyl sites for hydroxylation is 1. The molecular formula is C13H16N2O2. The van der Waals surface area contributed by atoms with Gasteiger partial charge in [0.25, 0.3) is 0 Å². The maximum Gasteiger partial charge on any atom is 0.242 e. The van der Waals surface area contributed by atoms with Crippen LogP contribution in [0.4, 0.5) is 5.69 Å². The highest BCUT2D eigenvalue weighted by molar-refractivity contribution is 6.00. The van der Waals surface area contributed by atoms with Crippen LogP contribution in [0.3, 0.4) is 0 Å². The molecule has 0 aromatic heterocycles. The van der Waals surface area contributed by atoms with Crippen molar-refractivity contribution in [3.63, 3.8) is 0 Å². The number of fused-ring (bicyclic) bond motifs is 1. The predicted octanol–water partition coefficient (Wildman–Crippen LogP) is 1.05. The van der Waals surface area contributed by atoms with E-state index >= 15 is 0 Å². The number of rotatable bonds is 2. The quantitative estimate of drug-likeness (QED) is 0.765. The Hall–Kier alpha value is -1.84. The van der Waals surface area contributed by atoms with Crippen molar-refractivity contribution in [1.82, 2.24) is 4.90 Å². The van der Waals surface area contributed by atoms with Gasteiger partial charge in [-0.05, 0) is 18.1 Å². The molecular weight excluding hydrogens is 216 g/mol. The zero-order valence-electron chi connectivity index (χ0n) is 10.1. The van der Waals surface area contributed by atoms with Gasteiger partial charge < -0.3 is 9.80 Å². The molecule has 4 heteroatoms. The Morgan fingerprint density at radius 3 is 2.71 bits per heavy atom. The summed E-state index contributed by atoms with van der Waals surface area (Å²) in [5, 5.41) is 0. The lowest BCUT2D eigenvalue weighted by atomic mass is 10.0.